The van der Waals surface area contributed by atoms with Crippen LogP contribution in [0.2, 0.25) is 0 Å². The van der Waals surface area contributed by atoms with Gasteiger partial charge in [-0.25, -0.2) is 0 Å². The first-order valence-electron chi connectivity index (χ1n) is 7.99. The average Bonchev–Trinajstić information content (AvgIpc) is 2.36. The van der Waals surface area contributed by atoms with Crippen LogP contribution in [0.15, 0.2) is 0 Å². The fourth-order valence-electron chi connectivity index (χ4n) is 4.49. The van der Waals surface area contributed by atoms with Gasteiger partial charge in [-0.2, -0.15) is 13.2 Å². The molecule has 2 heterocycles. The first-order chi connectivity index (χ1) is 9.50. The third kappa shape index (κ3) is 2.84. The van der Waals surface area contributed by atoms with Crippen molar-refractivity contribution in [1.29, 1.82) is 0 Å². The average molecular weight is 290 g/mol. The summed E-state index contributed by atoms with van der Waals surface area (Å²) in [5.41, 5.74) is -0.441. The predicted octanol–water partition coefficient (Wildman–Crippen LogP) is 3.04. The minimum absolute atomic E-state index is 0.314. The maximum atomic E-state index is 13.2. The summed E-state index contributed by atoms with van der Waals surface area (Å²) >= 11 is 0. The fraction of sp³-hybridized carbons (Fsp3) is 1.00. The lowest BCUT2D eigenvalue weighted by Crippen LogP contribution is -2.57. The van der Waals surface area contributed by atoms with Gasteiger partial charge < -0.3 is 10.2 Å². The summed E-state index contributed by atoms with van der Waals surface area (Å²) in [6, 6.07) is 0. The summed E-state index contributed by atoms with van der Waals surface area (Å²) in [6.07, 6.45) is 1.20. The number of nitrogens with zero attached hydrogens (tertiary/aromatic N) is 1. The lowest BCUT2D eigenvalue weighted by atomic mass is 9.58. The largest absolute Gasteiger partial charge is 0.392 e. The Morgan fingerprint density at radius 3 is 2.35 bits per heavy atom. The summed E-state index contributed by atoms with van der Waals surface area (Å²) < 4.78 is 39.6. The highest BCUT2D eigenvalue weighted by Crippen LogP contribution is 2.56. The van der Waals surface area contributed by atoms with Gasteiger partial charge in [0.1, 0.15) is 0 Å². The van der Waals surface area contributed by atoms with E-state index in [1.165, 1.54) is 12.8 Å². The molecular formula is C15H25F3N2. The first-order valence-corrected chi connectivity index (χ1v) is 7.99. The van der Waals surface area contributed by atoms with Crippen molar-refractivity contribution >= 4 is 0 Å². The maximum absolute atomic E-state index is 13.2. The monoisotopic (exact) mass is 290 g/mol. The van der Waals surface area contributed by atoms with Gasteiger partial charge in [0.05, 0.1) is 5.92 Å². The van der Waals surface area contributed by atoms with Crippen molar-refractivity contribution < 1.29 is 13.2 Å². The third-order valence-electron chi connectivity index (χ3n) is 5.73. The molecule has 0 radical (unpaired) electrons. The Kier molecular flexibility index (Phi) is 4.01. The summed E-state index contributed by atoms with van der Waals surface area (Å²) in [5, 5.41) is 3.35. The highest BCUT2D eigenvalue weighted by molar-refractivity contribution is 5.01. The Hall–Kier alpha value is -0.290. The van der Waals surface area contributed by atoms with Crippen LogP contribution >= 0.6 is 0 Å². The molecule has 1 spiro atoms. The van der Waals surface area contributed by atoms with Crippen molar-refractivity contribution in [3.8, 4) is 0 Å². The Morgan fingerprint density at radius 2 is 1.80 bits per heavy atom. The van der Waals surface area contributed by atoms with E-state index in [9.17, 15) is 13.2 Å². The molecule has 1 saturated carbocycles. The van der Waals surface area contributed by atoms with Gasteiger partial charge >= 0.3 is 6.18 Å². The van der Waals surface area contributed by atoms with Crippen molar-refractivity contribution in [3.63, 3.8) is 0 Å². The van der Waals surface area contributed by atoms with Crippen LogP contribution in [-0.4, -0.2) is 43.8 Å². The molecule has 0 aromatic rings. The van der Waals surface area contributed by atoms with Crippen LogP contribution < -0.4 is 5.32 Å². The number of alkyl halides is 3. The summed E-state index contributed by atoms with van der Waals surface area (Å²) in [7, 11) is 0. The molecule has 1 atom stereocenters. The second-order valence-corrected chi connectivity index (χ2v) is 7.03. The van der Waals surface area contributed by atoms with E-state index in [-0.39, 0.29) is 0 Å². The fourth-order valence-corrected chi connectivity index (χ4v) is 4.49. The molecular weight excluding hydrogens is 265 g/mol. The topological polar surface area (TPSA) is 15.3 Å². The van der Waals surface area contributed by atoms with E-state index in [2.05, 4.69) is 10.2 Å². The van der Waals surface area contributed by atoms with Crippen LogP contribution in [0.5, 0.6) is 0 Å². The van der Waals surface area contributed by atoms with Gasteiger partial charge in [-0.15, -0.1) is 0 Å². The number of nitrogens with one attached hydrogen (secondary N) is 1. The van der Waals surface area contributed by atoms with Gasteiger partial charge in [0.15, 0.2) is 0 Å². The highest BCUT2D eigenvalue weighted by Gasteiger charge is 2.57. The molecule has 1 unspecified atom stereocenters. The number of hydrogen-bond donors (Lipinski definition) is 1. The Morgan fingerprint density at radius 1 is 1.10 bits per heavy atom. The standard InChI is InChI=1S/C15H25F3N2/c16-15(17,18)13-4-9-20(11-14(13)5-1-6-14)10-12-2-7-19-8-3-12/h12-13,19H,1-11H2. The molecule has 2 aliphatic heterocycles. The molecule has 3 aliphatic rings. The van der Waals surface area contributed by atoms with Crippen LogP contribution in [0.4, 0.5) is 13.2 Å². The number of likely N-dealkylation sites (tertiary alicyclic amines) is 1. The number of piperidine rings is 2. The maximum Gasteiger partial charge on any atom is 0.392 e. The van der Waals surface area contributed by atoms with Crippen LogP contribution in [0.25, 0.3) is 0 Å². The summed E-state index contributed by atoms with van der Waals surface area (Å²) in [5.74, 6) is -0.371. The molecule has 0 bridgehead atoms. The molecule has 1 N–H and O–H groups in total. The lowest BCUT2D eigenvalue weighted by Gasteiger charge is -2.54. The normalized spacial score (nSPS) is 32.2. The van der Waals surface area contributed by atoms with Gasteiger partial charge in [-0.3, -0.25) is 0 Å². The minimum atomic E-state index is -4.00. The molecule has 0 aromatic carbocycles. The number of hydrogen-bond acceptors (Lipinski definition) is 2. The van der Waals surface area contributed by atoms with Gasteiger partial charge in [0, 0.05) is 13.1 Å². The minimum Gasteiger partial charge on any atom is -0.317 e. The van der Waals surface area contributed by atoms with Crippen molar-refractivity contribution in [3.05, 3.63) is 0 Å². The molecule has 116 valence electrons. The van der Waals surface area contributed by atoms with Gasteiger partial charge in [0.25, 0.3) is 0 Å². The summed E-state index contributed by atoms with van der Waals surface area (Å²) in [6.45, 7) is 4.45. The van der Waals surface area contributed by atoms with Crippen LogP contribution in [0.3, 0.4) is 0 Å². The Bertz CT molecular complexity index is 333. The molecule has 0 aromatic heterocycles. The lowest BCUT2D eigenvalue weighted by molar-refractivity contribution is -0.238. The van der Waals surface area contributed by atoms with E-state index < -0.39 is 17.5 Å². The smallest absolute Gasteiger partial charge is 0.317 e. The van der Waals surface area contributed by atoms with E-state index in [0.29, 0.717) is 25.4 Å². The first kappa shape index (κ1) is 14.6. The zero-order valence-electron chi connectivity index (χ0n) is 12.0. The van der Waals surface area contributed by atoms with E-state index in [1.54, 1.807) is 0 Å². The molecule has 1 aliphatic carbocycles. The molecule has 0 amide bonds. The molecule has 2 saturated heterocycles. The molecule has 3 rings (SSSR count). The van der Waals surface area contributed by atoms with E-state index in [1.807, 2.05) is 0 Å². The molecule has 2 nitrogen and oxygen atoms in total. The van der Waals surface area contributed by atoms with Gasteiger partial charge in [0.2, 0.25) is 0 Å². The van der Waals surface area contributed by atoms with Crippen LogP contribution in [0, 0.1) is 17.3 Å². The Balaban J connectivity index is 1.61. The van der Waals surface area contributed by atoms with E-state index in [4.69, 9.17) is 0 Å². The SMILES string of the molecule is FC(F)(F)C1CCN(CC2CCNCC2)CC12CCC2. The van der Waals surface area contributed by atoms with Gasteiger partial charge in [-0.1, -0.05) is 6.42 Å². The third-order valence-corrected chi connectivity index (χ3v) is 5.73. The van der Waals surface area contributed by atoms with E-state index in [0.717, 1.165) is 38.9 Å². The second-order valence-electron chi connectivity index (χ2n) is 7.03. The predicted molar refractivity (Wildman–Crippen MR) is 72.5 cm³/mol. The number of rotatable bonds is 2. The molecule has 20 heavy (non-hydrogen) atoms. The van der Waals surface area contributed by atoms with Crippen molar-refractivity contribution in [2.45, 2.75) is 44.7 Å². The van der Waals surface area contributed by atoms with Gasteiger partial charge in [-0.05, 0) is 63.1 Å². The second kappa shape index (κ2) is 5.48. The van der Waals surface area contributed by atoms with Crippen molar-refractivity contribution in [1.82, 2.24) is 10.2 Å². The summed E-state index contributed by atoms with van der Waals surface area (Å²) in [4.78, 5) is 2.33. The zero-order valence-corrected chi connectivity index (χ0v) is 12.0. The van der Waals surface area contributed by atoms with Crippen molar-refractivity contribution in [2.24, 2.45) is 17.3 Å². The molecule has 3 fully saturated rings. The van der Waals surface area contributed by atoms with Crippen LogP contribution in [0.1, 0.15) is 38.5 Å². The van der Waals surface area contributed by atoms with Crippen molar-refractivity contribution in [2.75, 3.05) is 32.7 Å². The quantitative estimate of drug-likeness (QED) is 0.841. The number of halogens is 3. The zero-order chi connectivity index (χ0) is 14.2. The van der Waals surface area contributed by atoms with Crippen LogP contribution in [-0.2, 0) is 0 Å². The van der Waals surface area contributed by atoms with E-state index >= 15 is 0 Å². The Labute approximate surface area is 119 Å². The molecule has 5 heteroatoms. The highest BCUT2D eigenvalue weighted by atomic mass is 19.4.